The molecular formula is C15H26N2O4. The molecule has 1 saturated heterocycles. The van der Waals surface area contributed by atoms with Gasteiger partial charge < -0.3 is 20.5 Å². The maximum Gasteiger partial charge on any atom is 0.329 e. The zero-order chi connectivity index (χ0) is 15.5. The van der Waals surface area contributed by atoms with Gasteiger partial charge in [0.05, 0.1) is 19.1 Å². The van der Waals surface area contributed by atoms with Crippen molar-refractivity contribution in [1.29, 1.82) is 0 Å². The number of carbonyl (C=O) groups is 2. The number of hydrogen-bond donors (Lipinski definition) is 3. The van der Waals surface area contributed by atoms with Crippen molar-refractivity contribution in [3.8, 4) is 0 Å². The van der Waals surface area contributed by atoms with Crippen molar-refractivity contribution in [2.45, 2.75) is 51.1 Å². The lowest BCUT2D eigenvalue weighted by Crippen LogP contribution is -2.59. The summed E-state index contributed by atoms with van der Waals surface area (Å²) in [6.45, 7) is 5.65. The van der Waals surface area contributed by atoms with Crippen molar-refractivity contribution in [3.63, 3.8) is 0 Å². The molecule has 21 heavy (non-hydrogen) atoms. The Kier molecular flexibility index (Phi) is 5.22. The minimum atomic E-state index is -1.10. The normalized spacial score (nSPS) is 36.4. The molecule has 6 nitrogen and oxygen atoms in total. The molecule has 0 aromatic rings. The molecule has 0 radical (unpaired) electrons. The van der Waals surface area contributed by atoms with Crippen molar-refractivity contribution < 1.29 is 19.4 Å². The fraction of sp³-hybridized carbons (Fsp3) is 0.867. The van der Waals surface area contributed by atoms with E-state index < -0.39 is 11.5 Å². The van der Waals surface area contributed by atoms with E-state index in [1.165, 1.54) is 0 Å². The maximum atomic E-state index is 12.5. The maximum absolute atomic E-state index is 12.5. The van der Waals surface area contributed by atoms with Crippen LogP contribution in [0.1, 0.15) is 39.5 Å². The second-order valence-corrected chi connectivity index (χ2v) is 6.39. The van der Waals surface area contributed by atoms with Crippen molar-refractivity contribution in [2.24, 2.45) is 11.8 Å². The zero-order valence-electron chi connectivity index (χ0n) is 12.9. The van der Waals surface area contributed by atoms with Crippen LogP contribution in [-0.2, 0) is 14.3 Å². The number of carboxylic acids is 1. The van der Waals surface area contributed by atoms with Gasteiger partial charge in [-0.25, -0.2) is 4.79 Å². The molecule has 120 valence electrons. The fourth-order valence-electron chi connectivity index (χ4n) is 3.52. The third kappa shape index (κ3) is 3.55. The number of aliphatic carboxylic acids is 1. The molecule has 1 amide bonds. The van der Waals surface area contributed by atoms with Crippen molar-refractivity contribution in [2.75, 3.05) is 19.8 Å². The van der Waals surface area contributed by atoms with E-state index in [0.717, 1.165) is 19.4 Å². The lowest BCUT2D eigenvalue weighted by Gasteiger charge is -2.38. The van der Waals surface area contributed by atoms with Crippen LogP contribution in [0.15, 0.2) is 0 Å². The van der Waals surface area contributed by atoms with E-state index in [2.05, 4.69) is 10.6 Å². The summed E-state index contributed by atoms with van der Waals surface area (Å²) in [4.78, 5) is 24.2. The molecule has 3 N–H and O–H groups in total. The molecule has 4 unspecified atom stereocenters. The molecule has 1 saturated carbocycles. The van der Waals surface area contributed by atoms with Gasteiger partial charge in [-0.3, -0.25) is 4.79 Å². The van der Waals surface area contributed by atoms with Crippen LogP contribution in [0, 0.1) is 11.8 Å². The van der Waals surface area contributed by atoms with E-state index in [4.69, 9.17) is 4.74 Å². The third-order valence-corrected chi connectivity index (χ3v) is 4.65. The van der Waals surface area contributed by atoms with Gasteiger partial charge in [-0.2, -0.15) is 0 Å². The fourth-order valence-corrected chi connectivity index (χ4v) is 3.52. The summed E-state index contributed by atoms with van der Waals surface area (Å²) in [5.74, 6) is -1.10. The van der Waals surface area contributed by atoms with Gasteiger partial charge in [0.25, 0.3) is 0 Å². The van der Waals surface area contributed by atoms with Crippen LogP contribution in [0.4, 0.5) is 0 Å². The largest absolute Gasteiger partial charge is 0.480 e. The van der Waals surface area contributed by atoms with E-state index in [-0.39, 0.29) is 17.9 Å². The van der Waals surface area contributed by atoms with E-state index in [9.17, 15) is 14.7 Å². The first kappa shape index (κ1) is 16.2. The van der Waals surface area contributed by atoms with Crippen molar-refractivity contribution in [3.05, 3.63) is 0 Å². The van der Waals surface area contributed by atoms with E-state index in [1.807, 2.05) is 13.8 Å². The highest BCUT2D eigenvalue weighted by molar-refractivity contribution is 5.88. The average molecular weight is 298 g/mol. The predicted octanol–water partition coefficient (Wildman–Crippen LogP) is 0.761. The molecule has 1 heterocycles. The van der Waals surface area contributed by atoms with Crippen LogP contribution in [-0.4, -0.2) is 48.3 Å². The first-order valence-electron chi connectivity index (χ1n) is 7.85. The second-order valence-electron chi connectivity index (χ2n) is 6.39. The van der Waals surface area contributed by atoms with Crippen LogP contribution in [0.2, 0.25) is 0 Å². The van der Waals surface area contributed by atoms with Crippen LogP contribution >= 0.6 is 0 Å². The Morgan fingerprint density at radius 3 is 2.76 bits per heavy atom. The Hall–Kier alpha value is -1.14. The van der Waals surface area contributed by atoms with Gasteiger partial charge in [0.2, 0.25) is 5.91 Å². The zero-order valence-corrected chi connectivity index (χ0v) is 12.9. The Morgan fingerprint density at radius 2 is 2.14 bits per heavy atom. The van der Waals surface area contributed by atoms with Crippen LogP contribution < -0.4 is 10.6 Å². The molecule has 2 aliphatic rings. The summed E-state index contributed by atoms with van der Waals surface area (Å²) < 4.78 is 5.38. The van der Waals surface area contributed by atoms with Crippen LogP contribution in [0.25, 0.3) is 0 Å². The van der Waals surface area contributed by atoms with Gasteiger partial charge in [-0.05, 0) is 25.3 Å². The van der Waals surface area contributed by atoms with Gasteiger partial charge >= 0.3 is 5.97 Å². The number of ether oxygens (including phenoxy) is 1. The molecule has 0 aromatic carbocycles. The molecule has 6 heteroatoms. The van der Waals surface area contributed by atoms with E-state index in [1.54, 1.807) is 0 Å². The summed E-state index contributed by atoms with van der Waals surface area (Å²) in [5.41, 5.74) is -1.10. The molecule has 1 aliphatic heterocycles. The third-order valence-electron chi connectivity index (χ3n) is 4.65. The molecule has 0 bridgehead atoms. The smallest absolute Gasteiger partial charge is 0.329 e. The Bertz CT molecular complexity index is 401. The minimum Gasteiger partial charge on any atom is -0.480 e. The standard InChI is InChI=1S/C15H26N2O4/c1-3-16-12-9-21-8-11(12)13(18)17-15(14(19)20)6-4-5-10(2)7-15/h10-12,16H,3-9H2,1-2H3,(H,17,18)(H,19,20). The number of carbonyl (C=O) groups excluding carboxylic acids is 1. The Morgan fingerprint density at radius 1 is 1.38 bits per heavy atom. The van der Waals surface area contributed by atoms with Gasteiger partial charge in [-0.15, -0.1) is 0 Å². The number of hydrogen-bond acceptors (Lipinski definition) is 4. The molecular weight excluding hydrogens is 272 g/mol. The van der Waals surface area contributed by atoms with Gasteiger partial charge in [-0.1, -0.05) is 26.7 Å². The molecule has 2 rings (SSSR count). The molecule has 1 aliphatic carbocycles. The number of likely N-dealkylation sites (N-methyl/N-ethyl adjacent to an activating group) is 1. The lowest BCUT2D eigenvalue weighted by atomic mass is 9.76. The highest BCUT2D eigenvalue weighted by Crippen LogP contribution is 2.33. The summed E-state index contributed by atoms with van der Waals surface area (Å²) >= 11 is 0. The summed E-state index contributed by atoms with van der Waals surface area (Å²) in [5, 5.41) is 15.7. The highest BCUT2D eigenvalue weighted by atomic mass is 16.5. The second kappa shape index (κ2) is 6.75. The van der Waals surface area contributed by atoms with Gasteiger partial charge in [0.1, 0.15) is 5.54 Å². The van der Waals surface area contributed by atoms with Crippen LogP contribution in [0.5, 0.6) is 0 Å². The van der Waals surface area contributed by atoms with E-state index in [0.29, 0.717) is 32.0 Å². The van der Waals surface area contributed by atoms with Crippen molar-refractivity contribution >= 4 is 11.9 Å². The van der Waals surface area contributed by atoms with Gasteiger partial charge in [0, 0.05) is 6.04 Å². The SMILES string of the molecule is CCNC1COCC1C(=O)NC1(C(=O)O)CCCC(C)C1. The quantitative estimate of drug-likeness (QED) is 0.697. The Balaban J connectivity index is 2.06. The summed E-state index contributed by atoms with van der Waals surface area (Å²) in [6, 6.07) is -0.0261. The molecule has 4 atom stereocenters. The monoisotopic (exact) mass is 298 g/mol. The topological polar surface area (TPSA) is 87.7 Å². The summed E-state index contributed by atoms with van der Waals surface area (Å²) in [7, 11) is 0. The number of amides is 1. The number of carboxylic acid groups (broad SMARTS) is 1. The summed E-state index contributed by atoms with van der Waals surface area (Å²) in [6.07, 6.45) is 2.88. The first-order valence-corrected chi connectivity index (χ1v) is 7.85. The predicted molar refractivity (Wildman–Crippen MR) is 77.9 cm³/mol. The molecule has 2 fully saturated rings. The minimum absolute atomic E-state index is 0.0261. The first-order chi connectivity index (χ1) is 9.98. The number of rotatable bonds is 5. The van der Waals surface area contributed by atoms with Crippen molar-refractivity contribution in [1.82, 2.24) is 10.6 Å². The highest BCUT2D eigenvalue weighted by Gasteiger charge is 2.45. The number of nitrogens with one attached hydrogen (secondary N) is 2. The Labute approximate surface area is 125 Å². The van der Waals surface area contributed by atoms with E-state index >= 15 is 0 Å². The molecule has 0 aromatic heterocycles. The van der Waals surface area contributed by atoms with Gasteiger partial charge in [0.15, 0.2) is 0 Å². The average Bonchev–Trinajstić information content (AvgIpc) is 2.87. The molecule has 0 spiro atoms. The van der Waals surface area contributed by atoms with Crippen LogP contribution in [0.3, 0.4) is 0 Å². The lowest BCUT2D eigenvalue weighted by molar-refractivity contribution is -0.150.